The maximum atomic E-state index is 9.19. The van der Waals surface area contributed by atoms with E-state index in [-0.39, 0.29) is 0 Å². The average molecular weight is 269 g/mol. The molecule has 0 unspecified atom stereocenters. The van der Waals surface area contributed by atoms with Gasteiger partial charge in [-0.25, -0.2) is 4.98 Å². The SMILES string of the molecule is CC(C)CC/C(=N\O)c1cccc(-c2ccccn2)n1. The van der Waals surface area contributed by atoms with Crippen molar-refractivity contribution in [3.8, 4) is 11.4 Å². The van der Waals surface area contributed by atoms with E-state index in [0.29, 0.717) is 23.7 Å². The molecule has 0 aliphatic rings. The summed E-state index contributed by atoms with van der Waals surface area (Å²) in [4.78, 5) is 8.82. The first kappa shape index (κ1) is 14.2. The zero-order chi connectivity index (χ0) is 14.4. The standard InChI is InChI=1S/C16H19N3O/c1-12(2)9-10-16(19-20)15-8-5-7-14(18-15)13-6-3-4-11-17-13/h3-8,11-12,20H,9-10H2,1-2H3/b19-16+. The van der Waals surface area contributed by atoms with Gasteiger partial charge in [0, 0.05) is 6.20 Å². The van der Waals surface area contributed by atoms with E-state index in [1.54, 1.807) is 6.20 Å². The van der Waals surface area contributed by atoms with Gasteiger partial charge in [0.15, 0.2) is 0 Å². The summed E-state index contributed by atoms with van der Waals surface area (Å²) in [5.74, 6) is 0.561. The van der Waals surface area contributed by atoms with Crippen molar-refractivity contribution < 1.29 is 5.21 Å². The molecule has 0 fully saturated rings. The minimum absolute atomic E-state index is 0.561. The van der Waals surface area contributed by atoms with Crippen molar-refractivity contribution in [1.82, 2.24) is 9.97 Å². The second-order valence-electron chi connectivity index (χ2n) is 5.10. The molecular formula is C16H19N3O. The molecule has 2 heterocycles. The number of hydrogen-bond acceptors (Lipinski definition) is 4. The molecule has 0 bridgehead atoms. The normalized spacial score (nSPS) is 11.8. The Morgan fingerprint density at radius 3 is 2.60 bits per heavy atom. The van der Waals surface area contributed by atoms with Gasteiger partial charge in [-0.15, -0.1) is 0 Å². The minimum atomic E-state index is 0.561. The molecule has 2 aromatic heterocycles. The van der Waals surface area contributed by atoms with Crippen molar-refractivity contribution in [2.45, 2.75) is 26.7 Å². The van der Waals surface area contributed by atoms with Crippen molar-refractivity contribution in [1.29, 1.82) is 0 Å². The molecule has 4 nitrogen and oxygen atoms in total. The first-order chi connectivity index (χ1) is 9.70. The summed E-state index contributed by atoms with van der Waals surface area (Å²) in [5.41, 5.74) is 2.93. The summed E-state index contributed by atoms with van der Waals surface area (Å²) in [6.45, 7) is 4.29. The summed E-state index contributed by atoms with van der Waals surface area (Å²) >= 11 is 0. The number of oxime groups is 1. The number of pyridine rings is 2. The van der Waals surface area contributed by atoms with Gasteiger partial charge in [-0.3, -0.25) is 4.98 Å². The van der Waals surface area contributed by atoms with Crippen molar-refractivity contribution >= 4 is 5.71 Å². The molecule has 4 heteroatoms. The lowest BCUT2D eigenvalue weighted by Crippen LogP contribution is -2.06. The maximum absolute atomic E-state index is 9.19. The van der Waals surface area contributed by atoms with Crippen LogP contribution in [0.3, 0.4) is 0 Å². The largest absolute Gasteiger partial charge is 0.411 e. The number of aromatic nitrogens is 2. The molecule has 0 aliphatic heterocycles. The van der Waals surface area contributed by atoms with E-state index in [2.05, 4.69) is 29.0 Å². The molecule has 0 amide bonds. The average Bonchev–Trinajstić information content (AvgIpc) is 2.49. The lowest BCUT2D eigenvalue weighted by atomic mass is 10.0. The fraction of sp³-hybridized carbons (Fsp3) is 0.312. The van der Waals surface area contributed by atoms with E-state index in [4.69, 9.17) is 0 Å². The Hall–Kier alpha value is -2.23. The molecule has 0 aliphatic carbocycles. The fourth-order valence-corrected chi connectivity index (χ4v) is 1.91. The number of rotatable bonds is 5. The van der Waals surface area contributed by atoms with Crippen LogP contribution < -0.4 is 0 Å². The Morgan fingerprint density at radius 2 is 1.95 bits per heavy atom. The topological polar surface area (TPSA) is 58.4 Å². The highest BCUT2D eigenvalue weighted by Gasteiger charge is 2.09. The molecule has 1 N–H and O–H groups in total. The summed E-state index contributed by atoms with van der Waals surface area (Å²) in [6, 6.07) is 11.4. The summed E-state index contributed by atoms with van der Waals surface area (Å²) < 4.78 is 0. The molecule has 2 rings (SSSR count). The van der Waals surface area contributed by atoms with Crippen molar-refractivity contribution in [2.75, 3.05) is 0 Å². The monoisotopic (exact) mass is 269 g/mol. The number of nitrogens with zero attached hydrogens (tertiary/aromatic N) is 3. The first-order valence-electron chi connectivity index (χ1n) is 6.80. The van der Waals surface area contributed by atoms with E-state index in [1.165, 1.54) is 0 Å². The predicted molar refractivity (Wildman–Crippen MR) is 79.9 cm³/mol. The van der Waals surface area contributed by atoms with Crippen LogP contribution in [0.1, 0.15) is 32.4 Å². The highest BCUT2D eigenvalue weighted by molar-refractivity contribution is 5.98. The molecule has 104 valence electrons. The van der Waals surface area contributed by atoms with Gasteiger partial charge >= 0.3 is 0 Å². The van der Waals surface area contributed by atoms with Gasteiger partial charge in [0.1, 0.15) is 5.71 Å². The van der Waals surface area contributed by atoms with Gasteiger partial charge in [-0.05, 0) is 43.0 Å². The molecule has 20 heavy (non-hydrogen) atoms. The maximum Gasteiger partial charge on any atom is 0.105 e. The molecule has 0 saturated heterocycles. The Kier molecular flexibility index (Phi) is 4.82. The molecule has 0 saturated carbocycles. The molecule has 0 atom stereocenters. The third kappa shape index (κ3) is 3.63. The Balaban J connectivity index is 2.25. The summed E-state index contributed by atoms with van der Waals surface area (Å²) in [5, 5.41) is 12.6. The zero-order valence-corrected chi connectivity index (χ0v) is 11.8. The molecule has 0 radical (unpaired) electrons. The Bertz CT molecular complexity index is 579. The van der Waals surface area contributed by atoms with E-state index in [9.17, 15) is 5.21 Å². The molecule has 0 aromatic carbocycles. The Morgan fingerprint density at radius 1 is 1.15 bits per heavy atom. The third-order valence-corrected chi connectivity index (χ3v) is 3.05. The van der Waals surface area contributed by atoms with Gasteiger partial charge in [0.05, 0.1) is 17.1 Å². The second kappa shape index (κ2) is 6.80. The van der Waals surface area contributed by atoms with Gasteiger partial charge < -0.3 is 5.21 Å². The third-order valence-electron chi connectivity index (χ3n) is 3.05. The van der Waals surface area contributed by atoms with E-state index < -0.39 is 0 Å². The quantitative estimate of drug-likeness (QED) is 0.511. The van der Waals surface area contributed by atoms with Crippen LogP contribution >= 0.6 is 0 Å². The van der Waals surface area contributed by atoms with Gasteiger partial charge in [-0.1, -0.05) is 31.1 Å². The highest BCUT2D eigenvalue weighted by atomic mass is 16.4. The van der Waals surface area contributed by atoms with Gasteiger partial charge in [0.25, 0.3) is 0 Å². The van der Waals surface area contributed by atoms with Crippen LogP contribution in [0, 0.1) is 5.92 Å². The van der Waals surface area contributed by atoms with E-state index in [0.717, 1.165) is 17.8 Å². The van der Waals surface area contributed by atoms with Crippen molar-refractivity contribution in [3.63, 3.8) is 0 Å². The Labute approximate surface area is 119 Å². The predicted octanol–water partition coefficient (Wildman–Crippen LogP) is 3.76. The second-order valence-corrected chi connectivity index (χ2v) is 5.10. The first-order valence-corrected chi connectivity index (χ1v) is 6.80. The lowest BCUT2D eigenvalue weighted by molar-refractivity contribution is 0.317. The van der Waals surface area contributed by atoms with Gasteiger partial charge in [-0.2, -0.15) is 0 Å². The zero-order valence-electron chi connectivity index (χ0n) is 11.8. The van der Waals surface area contributed by atoms with Crippen LogP contribution in [0.4, 0.5) is 0 Å². The van der Waals surface area contributed by atoms with Crippen LogP contribution in [-0.4, -0.2) is 20.9 Å². The van der Waals surface area contributed by atoms with E-state index >= 15 is 0 Å². The lowest BCUT2D eigenvalue weighted by Gasteiger charge is -2.07. The smallest absolute Gasteiger partial charge is 0.105 e. The van der Waals surface area contributed by atoms with Crippen LogP contribution in [0.25, 0.3) is 11.4 Å². The molecule has 0 spiro atoms. The van der Waals surface area contributed by atoms with E-state index in [1.807, 2.05) is 36.4 Å². The molecular weight excluding hydrogens is 250 g/mol. The molecule has 2 aromatic rings. The van der Waals surface area contributed by atoms with Crippen LogP contribution in [0.5, 0.6) is 0 Å². The van der Waals surface area contributed by atoms with Gasteiger partial charge in [0.2, 0.25) is 0 Å². The number of hydrogen-bond donors (Lipinski definition) is 1. The van der Waals surface area contributed by atoms with Crippen LogP contribution in [0.15, 0.2) is 47.8 Å². The van der Waals surface area contributed by atoms with Crippen LogP contribution in [0.2, 0.25) is 0 Å². The summed E-state index contributed by atoms with van der Waals surface area (Å²) in [6.07, 6.45) is 3.42. The fourth-order valence-electron chi connectivity index (χ4n) is 1.91. The van der Waals surface area contributed by atoms with Crippen LogP contribution in [-0.2, 0) is 0 Å². The summed E-state index contributed by atoms with van der Waals surface area (Å²) in [7, 11) is 0. The van der Waals surface area contributed by atoms with Crippen molar-refractivity contribution in [3.05, 3.63) is 48.3 Å². The highest BCUT2D eigenvalue weighted by Crippen LogP contribution is 2.16. The minimum Gasteiger partial charge on any atom is -0.411 e. The van der Waals surface area contributed by atoms with Crippen molar-refractivity contribution in [2.24, 2.45) is 11.1 Å².